The maximum Gasteiger partial charge on any atom is 0.328 e. The van der Waals surface area contributed by atoms with Crippen LogP contribution in [0.1, 0.15) is 71.3 Å². The number of likely N-dealkylation sites (tertiary alicyclic amines) is 1. The average molecular weight is 980 g/mol. The molecule has 1 aliphatic rings. The molecule has 27 heteroatoms. The van der Waals surface area contributed by atoms with E-state index in [0.717, 1.165) is 11.8 Å². The number of aliphatic hydroxyl groups is 3. The van der Waals surface area contributed by atoms with Crippen molar-refractivity contribution in [3.63, 3.8) is 0 Å². The minimum absolute atomic E-state index is 0.0180. The summed E-state index contributed by atoms with van der Waals surface area (Å²) in [5.41, 5.74) is 16.6. The number of aromatic hydroxyl groups is 1. The summed E-state index contributed by atoms with van der Waals surface area (Å²) in [6.45, 7) is 1.56. The molecule has 1 fully saturated rings. The van der Waals surface area contributed by atoms with Crippen molar-refractivity contribution >= 4 is 65.0 Å². The Morgan fingerprint density at radius 2 is 1.28 bits per heavy atom. The van der Waals surface area contributed by atoms with Gasteiger partial charge in [-0.25, -0.2) is 4.79 Å². The first-order valence-electron chi connectivity index (χ1n) is 22.1. The van der Waals surface area contributed by atoms with Crippen LogP contribution in [0.5, 0.6) is 5.75 Å². The molecule has 1 saturated heterocycles. The number of amides is 10. The average Bonchev–Trinajstić information content (AvgIpc) is 3.80. The van der Waals surface area contributed by atoms with Gasteiger partial charge in [-0.15, -0.1) is 0 Å². The van der Waals surface area contributed by atoms with E-state index in [-0.39, 0.29) is 44.4 Å². The van der Waals surface area contributed by atoms with E-state index in [4.69, 9.17) is 17.2 Å². The number of rotatable bonds is 29. The second-order valence-electron chi connectivity index (χ2n) is 16.5. The molecule has 69 heavy (non-hydrogen) atoms. The monoisotopic (exact) mass is 979 g/mol. The van der Waals surface area contributed by atoms with Crippen LogP contribution in [0.4, 0.5) is 0 Å². The number of carboxylic acid groups (broad SMARTS) is 1. The van der Waals surface area contributed by atoms with Gasteiger partial charge in [-0.3, -0.25) is 47.9 Å². The summed E-state index contributed by atoms with van der Waals surface area (Å²) in [4.78, 5) is 142. The quantitative estimate of drug-likeness (QED) is 0.0355. The highest BCUT2D eigenvalue weighted by Crippen LogP contribution is 2.20. The number of nitrogens with two attached hydrogens (primary N) is 3. The molecule has 10 atom stereocenters. The Bertz CT molecular complexity index is 2010. The molecular weight excluding hydrogens is 915 g/mol. The van der Waals surface area contributed by atoms with E-state index in [0.29, 0.717) is 18.4 Å². The standard InChI is InChI=1S/C42H65N11O16/c1-4-20(2)33(40(66)52-34(21(3)56)42(68)69)51-39(65)29-6-5-15-53(29)41(67)28(19-55)50-38(64)27(18-54)47-32(60)17-46-36(62)26(16-22-7-9-23(57)10-8-22)49-37(63)25(12-14-31(45)59)48-35(61)24(43)11-13-30(44)58/h7-10,20-21,24-29,33-34,54-57H,4-6,11-19,43H2,1-3H3,(H2,44,58)(H2,45,59)(H,46,62)(H,47,60)(H,48,61)(H,49,63)(H,50,64)(H,51,65)(H,52,66)(H,68,69)/t20-,21+,24-,25-,26-,27-,28-,29-,33-,34-/m0/s1. The Hall–Kier alpha value is -6.97. The molecule has 1 aromatic rings. The number of benzene rings is 1. The maximum absolute atomic E-state index is 13.7. The van der Waals surface area contributed by atoms with Crippen LogP contribution in [0, 0.1) is 5.92 Å². The van der Waals surface area contributed by atoms with Crippen LogP contribution < -0.4 is 54.4 Å². The van der Waals surface area contributed by atoms with Gasteiger partial charge >= 0.3 is 5.97 Å². The normalized spacial score (nSPS) is 17.1. The summed E-state index contributed by atoms with van der Waals surface area (Å²) in [5, 5.41) is 65.4. The molecule has 0 aliphatic carbocycles. The molecule has 1 heterocycles. The minimum Gasteiger partial charge on any atom is -0.508 e. The SMILES string of the molecule is CC[C@H](C)[C@H](NC(=O)[C@@H]1CCCN1C(=O)[C@H](CO)NC(=O)[C@H](CO)NC(=O)CNC(=O)[C@H](Cc1ccc(O)cc1)NC(=O)[C@H](CCC(N)=O)NC(=O)[C@@H](N)CCC(N)=O)C(=O)N[C@H](C(=O)O)[C@@H](C)O. The van der Waals surface area contributed by atoms with Gasteiger partial charge in [0.25, 0.3) is 0 Å². The first kappa shape index (κ1) is 58.2. The van der Waals surface area contributed by atoms with Gasteiger partial charge < -0.3 is 84.9 Å². The van der Waals surface area contributed by atoms with Crippen LogP contribution in [0.2, 0.25) is 0 Å². The fourth-order valence-corrected chi connectivity index (χ4v) is 6.89. The van der Waals surface area contributed by atoms with Crippen molar-refractivity contribution in [1.29, 1.82) is 0 Å². The van der Waals surface area contributed by atoms with Crippen molar-refractivity contribution in [2.45, 2.75) is 127 Å². The molecule has 10 amide bonds. The Balaban J connectivity index is 2.17. The zero-order valence-corrected chi connectivity index (χ0v) is 38.5. The summed E-state index contributed by atoms with van der Waals surface area (Å²) >= 11 is 0. The highest BCUT2D eigenvalue weighted by Gasteiger charge is 2.41. The number of hydrogen-bond donors (Lipinski definition) is 15. The zero-order chi connectivity index (χ0) is 52.1. The highest BCUT2D eigenvalue weighted by molar-refractivity contribution is 5.98. The summed E-state index contributed by atoms with van der Waals surface area (Å²) in [7, 11) is 0. The predicted octanol–water partition coefficient (Wildman–Crippen LogP) is -6.69. The van der Waals surface area contributed by atoms with Gasteiger partial charge in [-0.05, 0) is 56.2 Å². The summed E-state index contributed by atoms with van der Waals surface area (Å²) in [6.07, 6.45) is -2.13. The van der Waals surface area contributed by atoms with Crippen LogP contribution in [-0.2, 0) is 59.2 Å². The van der Waals surface area contributed by atoms with E-state index in [1.54, 1.807) is 13.8 Å². The van der Waals surface area contributed by atoms with E-state index in [1.165, 1.54) is 24.3 Å². The van der Waals surface area contributed by atoms with Crippen LogP contribution in [0.3, 0.4) is 0 Å². The summed E-state index contributed by atoms with van der Waals surface area (Å²) < 4.78 is 0. The Kier molecular flexibility index (Phi) is 23.9. The van der Waals surface area contributed by atoms with E-state index in [1.807, 2.05) is 0 Å². The molecule has 1 aromatic carbocycles. The lowest BCUT2D eigenvalue weighted by atomic mass is 9.97. The van der Waals surface area contributed by atoms with Gasteiger partial charge in [0.05, 0.1) is 31.9 Å². The van der Waals surface area contributed by atoms with Gasteiger partial charge in [0, 0.05) is 25.8 Å². The number of carbonyl (C=O) groups excluding carboxylic acids is 10. The molecule has 18 N–H and O–H groups in total. The zero-order valence-electron chi connectivity index (χ0n) is 38.5. The Morgan fingerprint density at radius 1 is 0.710 bits per heavy atom. The molecule has 0 spiro atoms. The third kappa shape index (κ3) is 18.9. The summed E-state index contributed by atoms with van der Waals surface area (Å²) in [6, 6.07) is -6.45. The molecule has 0 aromatic heterocycles. The van der Waals surface area contributed by atoms with Crippen molar-refractivity contribution in [2.24, 2.45) is 23.1 Å². The smallest absolute Gasteiger partial charge is 0.328 e. The topological polar surface area (TPSA) is 454 Å². The minimum atomic E-state index is -1.77. The van der Waals surface area contributed by atoms with Crippen LogP contribution >= 0.6 is 0 Å². The number of aliphatic carboxylic acids is 1. The third-order valence-corrected chi connectivity index (χ3v) is 11.1. The van der Waals surface area contributed by atoms with Crippen molar-refractivity contribution in [3.05, 3.63) is 29.8 Å². The van der Waals surface area contributed by atoms with Crippen molar-refractivity contribution < 1.29 is 78.3 Å². The van der Waals surface area contributed by atoms with E-state index < -0.39 is 152 Å². The summed E-state index contributed by atoms with van der Waals surface area (Å²) in [5.74, 6) is -11.4. The van der Waals surface area contributed by atoms with Gasteiger partial charge in [0.2, 0.25) is 59.1 Å². The highest BCUT2D eigenvalue weighted by atomic mass is 16.4. The number of nitrogens with zero attached hydrogens (tertiary/aromatic N) is 1. The molecule has 0 unspecified atom stereocenters. The number of carboxylic acids is 1. The fraction of sp³-hybridized carbons (Fsp3) is 0.595. The van der Waals surface area contributed by atoms with Crippen LogP contribution in [-0.4, -0.2) is 176 Å². The molecule has 27 nitrogen and oxygen atoms in total. The van der Waals surface area contributed by atoms with E-state index in [2.05, 4.69) is 37.2 Å². The number of hydrogen-bond acceptors (Lipinski definition) is 16. The Labute approximate surface area is 396 Å². The molecule has 0 radical (unpaired) electrons. The molecular formula is C42H65N11O16. The lowest BCUT2D eigenvalue weighted by Crippen LogP contribution is -2.61. The van der Waals surface area contributed by atoms with Crippen LogP contribution in [0.25, 0.3) is 0 Å². The van der Waals surface area contributed by atoms with Crippen LogP contribution in [0.15, 0.2) is 24.3 Å². The molecule has 0 bridgehead atoms. The number of primary amides is 2. The molecule has 0 saturated carbocycles. The van der Waals surface area contributed by atoms with Crippen molar-refractivity contribution in [3.8, 4) is 5.75 Å². The number of nitrogens with one attached hydrogen (secondary N) is 7. The second-order valence-corrected chi connectivity index (χ2v) is 16.5. The molecule has 2 rings (SSSR count). The van der Waals surface area contributed by atoms with Crippen molar-refractivity contribution in [1.82, 2.24) is 42.1 Å². The number of carbonyl (C=O) groups is 11. The fourth-order valence-electron chi connectivity index (χ4n) is 6.89. The third-order valence-electron chi connectivity index (χ3n) is 11.1. The van der Waals surface area contributed by atoms with E-state index in [9.17, 15) is 78.3 Å². The van der Waals surface area contributed by atoms with Gasteiger partial charge in [0.1, 0.15) is 42.0 Å². The maximum atomic E-state index is 13.7. The number of phenols is 1. The second kappa shape index (κ2) is 28.4. The van der Waals surface area contributed by atoms with Gasteiger partial charge in [0.15, 0.2) is 6.04 Å². The first-order valence-corrected chi connectivity index (χ1v) is 22.1. The lowest BCUT2D eigenvalue weighted by molar-refractivity contribution is -0.146. The van der Waals surface area contributed by atoms with E-state index >= 15 is 0 Å². The predicted molar refractivity (Wildman–Crippen MR) is 239 cm³/mol. The largest absolute Gasteiger partial charge is 0.508 e. The lowest BCUT2D eigenvalue weighted by Gasteiger charge is -2.31. The molecule has 1 aliphatic heterocycles. The number of aliphatic hydroxyl groups excluding tert-OH is 3. The number of phenolic OH excluding ortho intramolecular Hbond substituents is 1. The molecule has 384 valence electrons. The van der Waals surface area contributed by atoms with Gasteiger partial charge in [-0.1, -0.05) is 32.4 Å². The first-order chi connectivity index (χ1) is 32.4. The Morgan fingerprint density at radius 3 is 1.83 bits per heavy atom. The van der Waals surface area contributed by atoms with Crippen molar-refractivity contribution in [2.75, 3.05) is 26.3 Å². The van der Waals surface area contributed by atoms with Gasteiger partial charge in [-0.2, -0.15) is 0 Å².